The first-order chi connectivity index (χ1) is 8.99. The highest BCUT2D eigenvalue weighted by molar-refractivity contribution is 9.11. The molecule has 0 saturated carbocycles. The van der Waals surface area contributed by atoms with Gasteiger partial charge < -0.3 is 4.90 Å². The Hall–Kier alpha value is -1.20. The molecular weight excluding hydrogens is 329 g/mol. The average Bonchev–Trinajstić information content (AvgIpc) is 2.74. The van der Waals surface area contributed by atoms with E-state index in [-0.39, 0.29) is 11.6 Å². The molecule has 0 fully saturated rings. The van der Waals surface area contributed by atoms with E-state index in [1.165, 1.54) is 13.0 Å². The molecule has 0 N–H and O–H groups in total. The molecule has 0 spiro atoms. The number of thiophene rings is 1. The van der Waals surface area contributed by atoms with Crippen LogP contribution in [0.15, 0.2) is 33.4 Å². The Morgan fingerprint density at radius 2 is 2.21 bits per heavy atom. The van der Waals surface area contributed by atoms with Gasteiger partial charge in [0, 0.05) is 19.2 Å². The maximum Gasteiger partial charge on any atom is 0.161 e. The monoisotopic (exact) mass is 341 g/mol. The van der Waals surface area contributed by atoms with E-state index in [1.807, 2.05) is 11.4 Å². The molecule has 5 heteroatoms. The first-order valence-electron chi connectivity index (χ1n) is 5.72. The van der Waals surface area contributed by atoms with Gasteiger partial charge in [-0.1, -0.05) is 6.07 Å². The third-order valence-corrected chi connectivity index (χ3v) is 4.34. The number of rotatable bonds is 4. The van der Waals surface area contributed by atoms with Crippen molar-refractivity contribution in [2.24, 2.45) is 0 Å². The number of hydrogen-bond donors (Lipinski definition) is 0. The third kappa shape index (κ3) is 3.22. The van der Waals surface area contributed by atoms with Crippen LogP contribution in [0.4, 0.5) is 10.1 Å². The Labute approximate surface area is 124 Å². The molecule has 2 aromatic rings. The molecule has 100 valence electrons. The minimum atomic E-state index is -0.371. The van der Waals surface area contributed by atoms with Crippen LogP contribution >= 0.6 is 27.3 Å². The lowest BCUT2D eigenvalue weighted by Crippen LogP contribution is -2.20. The SMILES string of the molecule is CC(=O)c1cccc(F)c1N(C)Cc1csc(Br)c1. The number of Topliss-reactive ketones (excluding diaryl/α,β-unsaturated/α-hetero) is 1. The summed E-state index contributed by atoms with van der Waals surface area (Å²) < 4.78 is 15.0. The van der Waals surface area contributed by atoms with Gasteiger partial charge in [-0.2, -0.15) is 0 Å². The number of ketones is 1. The molecule has 19 heavy (non-hydrogen) atoms. The van der Waals surface area contributed by atoms with Gasteiger partial charge in [-0.15, -0.1) is 11.3 Å². The summed E-state index contributed by atoms with van der Waals surface area (Å²) in [5.41, 5.74) is 1.85. The minimum Gasteiger partial charge on any atom is -0.367 e. The van der Waals surface area contributed by atoms with Crippen LogP contribution in [0.25, 0.3) is 0 Å². The van der Waals surface area contributed by atoms with Gasteiger partial charge in [-0.05, 0) is 52.0 Å². The van der Waals surface area contributed by atoms with Crippen molar-refractivity contribution >= 4 is 38.7 Å². The van der Waals surface area contributed by atoms with Crippen LogP contribution in [0.1, 0.15) is 22.8 Å². The number of carbonyl (C=O) groups is 1. The van der Waals surface area contributed by atoms with E-state index in [1.54, 1.807) is 35.4 Å². The van der Waals surface area contributed by atoms with Crippen molar-refractivity contribution in [1.82, 2.24) is 0 Å². The maximum atomic E-state index is 14.0. The fourth-order valence-electron chi connectivity index (χ4n) is 1.97. The van der Waals surface area contributed by atoms with Crippen molar-refractivity contribution in [3.63, 3.8) is 0 Å². The van der Waals surface area contributed by atoms with Gasteiger partial charge in [0.15, 0.2) is 5.78 Å². The lowest BCUT2D eigenvalue weighted by molar-refractivity contribution is 0.101. The van der Waals surface area contributed by atoms with Gasteiger partial charge in [-0.25, -0.2) is 4.39 Å². The Morgan fingerprint density at radius 1 is 1.47 bits per heavy atom. The van der Waals surface area contributed by atoms with E-state index in [0.717, 1.165) is 9.35 Å². The number of anilines is 1. The van der Waals surface area contributed by atoms with E-state index in [9.17, 15) is 9.18 Å². The number of para-hydroxylation sites is 1. The third-order valence-electron chi connectivity index (χ3n) is 2.79. The molecule has 0 radical (unpaired) electrons. The van der Waals surface area contributed by atoms with Crippen LogP contribution in [0.2, 0.25) is 0 Å². The van der Waals surface area contributed by atoms with Crippen LogP contribution in [0, 0.1) is 5.82 Å². The predicted octanol–water partition coefficient (Wildman–Crippen LogP) is 4.49. The molecule has 0 aliphatic heterocycles. The molecule has 0 aliphatic carbocycles. The number of nitrogens with zero attached hydrogens (tertiary/aromatic N) is 1. The summed E-state index contributed by atoms with van der Waals surface area (Å²) >= 11 is 4.99. The van der Waals surface area contributed by atoms with Gasteiger partial charge >= 0.3 is 0 Å². The largest absolute Gasteiger partial charge is 0.367 e. The molecule has 1 aromatic heterocycles. The second-order valence-corrected chi connectivity index (χ2v) is 6.60. The Kier molecular flexibility index (Phi) is 4.37. The highest BCUT2D eigenvalue weighted by atomic mass is 79.9. The molecule has 0 amide bonds. The fourth-order valence-corrected chi connectivity index (χ4v) is 3.17. The lowest BCUT2D eigenvalue weighted by Gasteiger charge is -2.21. The molecule has 0 saturated heterocycles. The average molecular weight is 342 g/mol. The van der Waals surface area contributed by atoms with Gasteiger partial charge in [0.25, 0.3) is 0 Å². The summed E-state index contributed by atoms with van der Waals surface area (Å²) in [6.45, 7) is 2.01. The summed E-state index contributed by atoms with van der Waals surface area (Å²) in [7, 11) is 1.79. The van der Waals surface area contributed by atoms with Crippen molar-refractivity contribution in [2.75, 3.05) is 11.9 Å². The number of carbonyl (C=O) groups excluding carboxylic acids is 1. The van der Waals surface area contributed by atoms with Crippen molar-refractivity contribution in [1.29, 1.82) is 0 Å². The standard InChI is InChI=1S/C14H13BrFNOS/c1-9(18)11-4-3-5-12(16)14(11)17(2)7-10-6-13(15)19-8-10/h3-6,8H,7H2,1-2H3. The predicted molar refractivity (Wildman–Crippen MR) is 80.5 cm³/mol. The number of halogens is 2. The van der Waals surface area contributed by atoms with Crippen molar-refractivity contribution in [3.05, 3.63) is 50.4 Å². The number of hydrogen-bond acceptors (Lipinski definition) is 3. The zero-order valence-electron chi connectivity index (χ0n) is 10.6. The topological polar surface area (TPSA) is 20.3 Å². The summed E-state index contributed by atoms with van der Waals surface area (Å²) in [4.78, 5) is 13.3. The molecule has 0 unspecified atom stereocenters. The smallest absolute Gasteiger partial charge is 0.161 e. The van der Waals surface area contributed by atoms with E-state index in [0.29, 0.717) is 17.8 Å². The molecule has 2 rings (SSSR count). The van der Waals surface area contributed by atoms with E-state index in [2.05, 4.69) is 15.9 Å². The van der Waals surface area contributed by atoms with Crippen molar-refractivity contribution < 1.29 is 9.18 Å². The lowest BCUT2D eigenvalue weighted by atomic mass is 10.1. The number of benzene rings is 1. The van der Waals surface area contributed by atoms with Crippen LogP contribution in [-0.4, -0.2) is 12.8 Å². The molecule has 0 atom stereocenters. The highest BCUT2D eigenvalue weighted by Gasteiger charge is 2.16. The van der Waals surface area contributed by atoms with Gasteiger partial charge in [0.05, 0.1) is 9.47 Å². The van der Waals surface area contributed by atoms with E-state index in [4.69, 9.17) is 0 Å². The van der Waals surface area contributed by atoms with Gasteiger partial charge in [0.2, 0.25) is 0 Å². The molecular formula is C14H13BrFNOS. The summed E-state index contributed by atoms with van der Waals surface area (Å²) in [5.74, 6) is -0.502. The molecule has 1 heterocycles. The van der Waals surface area contributed by atoms with E-state index >= 15 is 0 Å². The normalized spacial score (nSPS) is 10.5. The van der Waals surface area contributed by atoms with E-state index < -0.39 is 0 Å². The maximum absolute atomic E-state index is 14.0. The van der Waals surface area contributed by atoms with Crippen LogP contribution in [0.5, 0.6) is 0 Å². The second-order valence-electron chi connectivity index (χ2n) is 4.31. The van der Waals surface area contributed by atoms with Gasteiger partial charge in [0.1, 0.15) is 5.82 Å². The summed E-state index contributed by atoms with van der Waals surface area (Å²) in [6.07, 6.45) is 0. The minimum absolute atomic E-state index is 0.132. The molecule has 0 aliphatic rings. The van der Waals surface area contributed by atoms with Gasteiger partial charge in [-0.3, -0.25) is 4.79 Å². The highest BCUT2D eigenvalue weighted by Crippen LogP contribution is 2.27. The second kappa shape index (κ2) is 5.84. The Balaban J connectivity index is 2.32. The quantitative estimate of drug-likeness (QED) is 0.763. The van der Waals surface area contributed by atoms with Crippen molar-refractivity contribution in [2.45, 2.75) is 13.5 Å². The Bertz CT molecular complexity index is 611. The molecule has 0 bridgehead atoms. The van der Waals surface area contributed by atoms with Crippen LogP contribution in [0.3, 0.4) is 0 Å². The Morgan fingerprint density at radius 3 is 2.79 bits per heavy atom. The summed E-state index contributed by atoms with van der Waals surface area (Å²) in [5, 5.41) is 2.01. The first-order valence-corrected chi connectivity index (χ1v) is 7.40. The zero-order valence-corrected chi connectivity index (χ0v) is 13.0. The summed E-state index contributed by atoms with van der Waals surface area (Å²) in [6, 6.07) is 6.59. The van der Waals surface area contributed by atoms with Crippen molar-refractivity contribution in [3.8, 4) is 0 Å². The zero-order chi connectivity index (χ0) is 14.0. The fraction of sp³-hybridized carbons (Fsp3) is 0.214. The first kappa shape index (κ1) is 14.2. The van der Waals surface area contributed by atoms with Crippen LogP contribution < -0.4 is 4.90 Å². The molecule has 1 aromatic carbocycles. The van der Waals surface area contributed by atoms with Crippen LogP contribution in [-0.2, 0) is 6.54 Å². The molecule has 2 nitrogen and oxygen atoms in total.